The zero-order valence-corrected chi connectivity index (χ0v) is 14.7. The van der Waals surface area contributed by atoms with Gasteiger partial charge in [-0.2, -0.15) is 5.10 Å². The third-order valence-corrected chi connectivity index (χ3v) is 4.57. The number of para-hydroxylation sites is 1. The summed E-state index contributed by atoms with van der Waals surface area (Å²) in [4.78, 5) is 21.0. The van der Waals surface area contributed by atoms with Crippen LogP contribution in [-0.4, -0.2) is 37.7 Å². The molecule has 0 spiro atoms. The van der Waals surface area contributed by atoms with Crippen molar-refractivity contribution in [3.05, 3.63) is 82.3 Å². The largest absolute Gasteiger partial charge is 0.311 e. The first-order chi connectivity index (χ1) is 12.7. The molecule has 0 saturated heterocycles. The fourth-order valence-electron chi connectivity index (χ4n) is 3.28. The van der Waals surface area contributed by atoms with Crippen LogP contribution in [0.25, 0.3) is 11.3 Å². The zero-order chi connectivity index (χ0) is 17.9. The number of hydrogen-bond donors (Lipinski definition) is 1. The molecule has 26 heavy (non-hydrogen) atoms. The molecule has 0 radical (unpaired) electrons. The van der Waals surface area contributed by atoms with Gasteiger partial charge in [-0.15, -0.1) is 0 Å². The lowest BCUT2D eigenvalue weighted by Gasteiger charge is -2.25. The van der Waals surface area contributed by atoms with Crippen molar-refractivity contribution in [3.63, 3.8) is 0 Å². The second-order valence-corrected chi connectivity index (χ2v) is 6.55. The van der Waals surface area contributed by atoms with Crippen molar-refractivity contribution >= 4 is 5.57 Å². The molecule has 6 heteroatoms. The van der Waals surface area contributed by atoms with Crippen LogP contribution in [-0.2, 0) is 6.54 Å². The monoisotopic (exact) mass is 347 g/mol. The van der Waals surface area contributed by atoms with Gasteiger partial charge in [0.2, 0.25) is 0 Å². The van der Waals surface area contributed by atoms with Crippen LogP contribution in [0.4, 0.5) is 0 Å². The first-order valence-corrected chi connectivity index (χ1v) is 8.76. The van der Waals surface area contributed by atoms with E-state index in [0.29, 0.717) is 12.4 Å². The molecule has 3 aromatic rings. The van der Waals surface area contributed by atoms with Crippen molar-refractivity contribution in [2.24, 2.45) is 0 Å². The number of hydrogen-bond acceptors (Lipinski definition) is 4. The Morgan fingerprint density at radius 3 is 2.81 bits per heavy atom. The highest BCUT2D eigenvalue weighted by Gasteiger charge is 2.15. The van der Waals surface area contributed by atoms with Crippen molar-refractivity contribution < 1.29 is 0 Å². The normalized spacial score (nSPS) is 15.0. The Kier molecular flexibility index (Phi) is 4.50. The molecular formula is C20H21N5O. The minimum Gasteiger partial charge on any atom is -0.311 e. The summed E-state index contributed by atoms with van der Waals surface area (Å²) in [5.74, 6) is 0.661. The summed E-state index contributed by atoms with van der Waals surface area (Å²) < 4.78 is 1.91. The number of nitrogens with one attached hydrogen (secondary N) is 1. The van der Waals surface area contributed by atoms with Gasteiger partial charge < -0.3 is 4.98 Å². The lowest BCUT2D eigenvalue weighted by atomic mass is 10.0. The molecule has 0 amide bonds. The van der Waals surface area contributed by atoms with Crippen LogP contribution < -0.4 is 5.56 Å². The number of H-pyrrole nitrogens is 1. The highest BCUT2D eigenvalue weighted by Crippen LogP contribution is 2.23. The quantitative estimate of drug-likeness (QED) is 0.788. The fraction of sp³-hybridized carbons (Fsp3) is 0.250. The first kappa shape index (κ1) is 16.5. The minimum absolute atomic E-state index is 0.0888. The van der Waals surface area contributed by atoms with Crippen LogP contribution >= 0.6 is 0 Å². The zero-order valence-electron chi connectivity index (χ0n) is 14.7. The van der Waals surface area contributed by atoms with Crippen LogP contribution in [0.2, 0.25) is 0 Å². The number of rotatable bonds is 4. The molecule has 0 aliphatic carbocycles. The summed E-state index contributed by atoms with van der Waals surface area (Å²) in [6, 6.07) is 11.7. The fourth-order valence-corrected chi connectivity index (χ4v) is 3.28. The van der Waals surface area contributed by atoms with E-state index in [4.69, 9.17) is 0 Å². The molecule has 0 unspecified atom stereocenters. The van der Waals surface area contributed by atoms with Crippen molar-refractivity contribution in [1.29, 1.82) is 0 Å². The van der Waals surface area contributed by atoms with Gasteiger partial charge in [-0.1, -0.05) is 24.3 Å². The van der Waals surface area contributed by atoms with E-state index in [1.165, 1.54) is 11.1 Å². The SMILES string of the molecule is Cc1nc(CN2CC=C(c3cnn(-c4ccccc4)c3)CC2)cc(=O)[nH]1. The molecule has 1 N–H and O–H groups in total. The molecule has 132 valence electrons. The van der Waals surface area contributed by atoms with Crippen molar-refractivity contribution in [2.45, 2.75) is 19.9 Å². The molecular weight excluding hydrogens is 326 g/mol. The highest BCUT2D eigenvalue weighted by molar-refractivity contribution is 5.65. The minimum atomic E-state index is -0.0888. The van der Waals surface area contributed by atoms with Crippen LogP contribution in [0, 0.1) is 6.92 Å². The molecule has 3 heterocycles. The third kappa shape index (κ3) is 3.65. The van der Waals surface area contributed by atoms with Crippen molar-refractivity contribution in [3.8, 4) is 5.69 Å². The van der Waals surface area contributed by atoms with Crippen LogP contribution in [0.5, 0.6) is 0 Å². The number of aromatic amines is 1. The summed E-state index contributed by atoms with van der Waals surface area (Å²) in [6.07, 6.45) is 7.22. The Balaban J connectivity index is 1.45. The Hall–Kier alpha value is -2.99. The van der Waals surface area contributed by atoms with E-state index in [1.807, 2.05) is 48.1 Å². The van der Waals surface area contributed by atoms with Crippen molar-refractivity contribution in [1.82, 2.24) is 24.6 Å². The van der Waals surface area contributed by atoms with E-state index in [2.05, 4.69) is 32.2 Å². The number of aromatic nitrogens is 4. The van der Waals surface area contributed by atoms with E-state index in [1.54, 1.807) is 6.07 Å². The topological polar surface area (TPSA) is 66.8 Å². The second-order valence-electron chi connectivity index (χ2n) is 6.55. The maximum atomic E-state index is 11.6. The molecule has 1 aliphatic heterocycles. The Bertz CT molecular complexity index is 987. The Morgan fingerprint density at radius 2 is 2.08 bits per heavy atom. The van der Waals surface area contributed by atoms with E-state index in [0.717, 1.165) is 30.9 Å². The molecule has 0 bridgehead atoms. The van der Waals surface area contributed by atoms with Gasteiger partial charge in [0.05, 0.1) is 17.6 Å². The molecule has 1 aliphatic rings. The van der Waals surface area contributed by atoms with Gasteiger partial charge in [-0.25, -0.2) is 9.67 Å². The maximum Gasteiger partial charge on any atom is 0.251 e. The summed E-state index contributed by atoms with van der Waals surface area (Å²) in [5, 5.41) is 4.48. The molecule has 4 rings (SSSR count). The Morgan fingerprint density at radius 1 is 1.23 bits per heavy atom. The Labute approximate surface area is 151 Å². The highest BCUT2D eigenvalue weighted by atomic mass is 16.1. The smallest absolute Gasteiger partial charge is 0.251 e. The molecule has 0 atom stereocenters. The average Bonchev–Trinajstić information content (AvgIpc) is 3.12. The van der Waals surface area contributed by atoms with E-state index >= 15 is 0 Å². The molecule has 6 nitrogen and oxygen atoms in total. The third-order valence-electron chi connectivity index (χ3n) is 4.57. The van der Waals surface area contributed by atoms with E-state index in [9.17, 15) is 4.79 Å². The molecule has 0 saturated carbocycles. The van der Waals surface area contributed by atoms with Gasteiger partial charge in [-0.05, 0) is 31.1 Å². The standard InChI is InChI=1S/C20H21N5O/c1-15-22-18(11-20(26)23-15)14-24-9-7-16(8-10-24)17-12-21-25(13-17)19-5-3-2-4-6-19/h2-7,11-13H,8-10,14H2,1H3,(H,22,23,26). The van der Waals surface area contributed by atoms with Gasteiger partial charge in [0.15, 0.2) is 0 Å². The summed E-state index contributed by atoms with van der Waals surface area (Å²) in [6.45, 7) is 4.29. The predicted molar refractivity (Wildman–Crippen MR) is 101 cm³/mol. The van der Waals surface area contributed by atoms with Gasteiger partial charge in [0.25, 0.3) is 5.56 Å². The molecule has 1 aromatic carbocycles. The lowest BCUT2D eigenvalue weighted by Crippen LogP contribution is -2.29. The summed E-state index contributed by atoms with van der Waals surface area (Å²) in [5.41, 5.74) is 4.28. The summed E-state index contributed by atoms with van der Waals surface area (Å²) >= 11 is 0. The van der Waals surface area contributed by atoms with Gasteiger partial charge >= 0.3 is 0 Å². The lowest BCUT2D eigenvalue weighted by molar-refractivity contribution is 0.290. The number of benzene rings is 1. The maximum absolute atomic E-state index is 11.6. The van der Waals surface area contributed by atoms with E-state index in [-0.39, 0.29) is 5.56 Å². The number of nitrogens with zero attached hydrogens (tertiary/aromatic N) is 4. The summed E-state index contributed by atoms with van der Waals surface area (Å²) in [7, 11) is 0. The van der Waals surface area contributed by atoms with E-state index < -0.39 is 0 Å². The van der Waals surface area contributed by atoms with Crippen LogP contribution in [0.15, 0.2) is 59.7 Å². The van der Waals surface area contributed by atoms with Gasteiger partial charge in [0, 0.05) is 37.5 Å². The first-order valence-electron chi connectivity index (χ1n) is 8.76. The average molecular weight is 347 g/mol. The molecule has 2 aromatic heterocycles. The van der Waals surface area contributed by atoms with Crippen LogP contribution in [0.3, 0.4) is 0 Å². The van der Waals surface area contributed by atoms with Gasteiger partial charge in [0.1, 0.15) is 5.82 Å². The van der Waals surface area contributed by atoms with Gasteiger partial charge in [-0.3, -0.25) is 9.69 Å². The predicted octanol–water partition coefficient (Wildman–Crippen LogP) is 2.55. The van der Waals surface area contributed by atoms with Crippen LogP contribution in [0.1, 0.15) is 23.5 Å². The second kappa shape index (κ2) is 7.09. The van der Waals surface area contributed by atoms with Crippen molar-refractivity contribution in [2.75, 3.05) is 13.1 Å². The molecule has 0 fully saturated rings. The number of aryl methyl sites for hydroxylation is 1.